The molecule has 23 heavy (non-hydrogen) atoms. The number of carbonyl (C=O) groups excluding carboxylic acids is 1. The van der Waals surface area contributed by atoms with Gasteiger partial charge in [-0.3, -0.25) is 9.78 Å². The minimum atomic E-state index is 0.0289. The zero-order chi connectivity index (χ0) is 16.2. The summed E-state index contributed by atoms with van der Waals surface area (Å²) in [6, 6.07) is 11.5. The normalized spacial score (nSPS) is 19.4. The summed E-state index contributed by atoms with van der Waals surface area (Å²) in [5.41, 5.74) is 2.04. The molecule has 0 unspecified atom stereocenters. The number of methoxy groups -OCH3 is 1. The molecule has 1 saturated carbocycles. The Bertz CT molecular complexity index is 660. The second-order valence-corrected chi connectivity index (χ2v) is 6.12. The van der Waals surface area contributed by atoms with Gasteiger partial charge in [0.25, 0.3) is 0 Å². The number of halogens is 1. The van der Waals surface area contributed by atoms with E-state index in [0.717, 1.165) is 17.1 Å². The van der Waals surface area contributed by atoms with E-state index in [-0.39, 0.29) is 17.7 Å². The number of amides is 1. The first-order valence-electron chi connectivity index (χ1n) is 7.66. The van der Waals surface area contributed by atoms with Crippen molar-refractivity contribution in [3.63, 3.8) is 0 Å². The maximum Gasteiger partial charge on any atom is 0.230 e. The zero-order valence-corrected chi connectivity index (χ0v) is 13.7. The molecule has 0 radical (unpaired) electrons. The van der Waals surface area contributed by atoms with Gasteiger partial charge in [-0.2, -0.15) is 0 Å². The van der Waals surface area contributed by atoms with Crippen molar-refractivity contribution in [3.05, 3.63) is 59.4 Å². The summed E-state index contributed by atoms with van der Waals surface area (Å²) in [6.07, 6.45) is 4.28. The molecule has 5 heteroatoms. The highest BCUT2D eigenvalue weighted by Crippen LogP contribution is 2.49. The Morgan fingerprint density at radius 3 is 2.61 bits per heavy atom. The number of rotatable bonds is 6. The van der Waals surface area contributed by atoms with E-state index in [2.05, 4.69) is 4.98 Å². The zero-order valence-electron chi connectivity index (χ0n) is 13.0. The molecule has 0 bridgehead atoms. The van der Waals surface area contributed by atoms with Crippen LogP contribution in [0.1, 0.15) is 17.9 Å². The number of aromatic nitrogens is 1. The van der Waals surface area contributed by atoms with Crippen molar-refractivity contribution in [3.8, 4) is 0 Å². The number of nitrogens with zero attached hydrogens (tertiary/aromatic N) is 2. The summed E-state index contributed by atoms with van der Waals surface area (Å²) in [7, 11) is 1.64. The fraction of sp³-hybridized carbons (Fsp3) is 0.333. The summed E-state index contributed by atoms with van der Waals surface area (Å²) in [5.74, 6) is 0.459. The lowest BCUT2D eigenvalue weighted by molar-refractivity contribution is -0.120. The van der Waals surface area contributed by atoms with Gasteiger partial charge in [-0.25, -0.2) is 0 Å². The van der Waals surface area contributed by atoms with Crippen LogP contribution in [0.4, 0.5) is 5.69 Å². The smallest absolute Gasteiger partial charge is 0.230 e. The molecule has 3 rings (SSSR count). The molecule has 120 valence electrons. The van der Waals surface area contributed by atoms with Crippen LogP contribution in [0.15, 0.2) is 48.8 Å². The van der Waals surface area contributed by atoms with Crippen LogP contribution in [-0.4, -0.2) is 31.2 Å². The Morgan fingerprint density at radius 2 is 1.96 bits per heavy atom. The number of hydrogen-bond acceptors (Lipinski definition) is 3. The van der Waals surface area contributed by atoms with E-state index < -0.39 is 0 Å². The van der Waals surface area contributed by atoms with Crippen LogP contribution in [0.5, 0.6) is 0 Å². The van der Waals surface area contributed by atoms with E-state index in [1.54, 1.807) is 24.4 Å². The molecule has 4 nitrogen and oxygen atoms in total. The topological polar surface area (TPSA) is 42.4 Å². The van der Waals surface area contributed by atoms with Crippen LogP contribution in [0.2, 0.25) is 5.02 Å². The molecular formula is C18H19ClN2O2. The highest BCUT2D eigenvalue weighted by molar-refractivity contribution is 6.30. The monoisotopic (exact) mass is 330 g/mol. The van der Waals surface area contributed by atoms with Crippen molar-refractivity contribution in [2.45, 2.75) is 12.3 Å². The first kappa shape index (κ1) is 16.0. The summed E-state index contributed by atoms with van der Waals surface area (Å²) < 4.78 is 5.14. The van der Waals surface area contributed by atoms with E-state index >= 15 is 0 Å². The van der Waals surface area contributed by atoms with Crippen LogP contribution >= 0.6 is 11.6 Å². The Kier molecular flexibility index (Phi) is 4.94. The lowest BCUT2D eigenvalue weighted by Gasteiger charge is -2.22. The van der Waals surface area contributed by atoms with Crippen molar-refractivity contribution in [2.75, 3.05) is 25.2 Å². The molecule has 1 heterocycles. The predicted molar refractivity (Wildman–Crippen MR) is 90.8 cm³/mol. The standard InChI is InChI=1S/C18H19ClN2O2/c1-23-11-10-21(15-6-8-20-9-7-15)18(22)17-12-16(17)13-2-4-14(19)5-3-13/h2-9,16-17H,10-12H2,1H3/t16-,17+/m1/s1. The third-order valence-corrected chi connectivity index (χ3v) is 4.42. The van der Waals surface area contributed by atoms with Gasteiger partial charge in [0, 0.05) is 42.7 Å². The molecule has 0 N–H and O–H groups in total. The molecule has 1 fully saturated rings. The van der Waals surface area contributed by atoms with Crippen molar-refractivity contribution in [2.24, 2.45) is 5.92 Å². The fourth-order valence-corrected chi connectivity index (χ4v) is 2.95. The maximum atomic E-state index is 12.9. The van der Waals surface area contributed by atoms with Crippen molar-refractivity contribution in [1.82, 2.24) is 4.98 Å². The molecule has 1 amide bonds. The summed E-state index contributed by atoms with van der Waals surface area (Å²) in [5, 5.41) is 0.718. The van der Waals surface area contributed by atoms with Gasteiger partial charge in [0.05, 0.1) is 6.61 Å². The minimum absolute atomic E-state index is 0.0289. The van der Waals surface area contributed by atoms with Gasteiger partial charge in [-0.15, -0.1) is 0 Å². The van der Waals surface area contributed by atoms with Crippen molar-refractivity contribution < 1.29 is 9.53 Å². The van der Waals surface area contributed by atoms with Crippen LogP contribution in [0.25, 0.3) is 0 Å². The summed E-state index contributed by atoms with van der Waals surface area (Å²) in [6.45, 7) is 1.05. The van der Waals surface area contributed by atoms with Crippen LogP contribution < -0.4 is 4.90 Å². The number of carbonyl (C=O) groups is 1. The van der Waals surface area contributed by atoms with E-state index in [0.29, 0.717) is 13.2 Å². The lowest BCUT2D eigenvalue weighted by Crippen LogP contribution is -2.35. The Labute approximate surface area is 141 Å². The van der Waals surface area contributed by atoms with Gasteiger partial charge in [0.15, 0.2) is 0 Å². The summed E-state index contributed by atoms with van der Waals surface area (Å²) >= 11 is 5.93. The van der Waals surface area contributed by atoms with E-state index in [9.17, 15) is 4.79 Å². The second kappa shape index (κ2) is 7.11. The Balaban J connectivity index is 1.73. The third kappa shape index (κ3) is 3.71. The van der Waals surface area contributed by atoms with Gasteiger partial charge >= 0.3 is 0 Å². The number of pyridine rings is 1. The van der Waals surface area contributed by atoms with Gasteiger partial charge in [0.1, 0.15) is 0 Å². The largest absolute Gasteiger partial charge is 0.383 e. The molecule has 2 atom stereocenters. The lowest BCUT2D eigenvalue weighted by atomic mass is 10.1. The maximum absolute atomic E-state index is 12.9. The second-order valence-electron chi connectivity index (χ2n) is 5.69. The Hall–Kier alpha value is -1.91. The summed E-state index contributed by atoms with van der Waals surface area (Å²) in [4.78, 5) is 18.7. The van der Waals surface area contributed by atoms with Crippen LogP contribution in [-0.2, 0) is 9.53 Å². The number of anilines is 1. The molecule has 1 aromatic heterocycles. The quantitative estimate of drug-likeness (QED) is 0.814. The van der Waals surface area contributed by atoms with Crippen LogP contribution in [0, 0.1) is 5.92 Å². The SMILES string of the molecule is COCCN(C(=O)[C@H]1C[C@@H]1c1ccc(Cl)cc1)c1ccncc1. The fourth-order valence-electron chi connectivity index (χ4n) is 2.82. The molecule has 1 aliphatic carbocycles. The molecule has 2 aromatic rings. The molecule has 1 aliphatic rings. The van der Waals surface area contributed by atoms with Gasteiger partial charge in [-0.1, -0.05) is 23.7 Å². The number of hydrogen-bond donors (Lipinski definition) is 0. The predicted octanol–water partition coefficient (Wildman–Crippen LogP) is 3.52. The van der Waals surface area contributed by atoms with Gasteiger partial charge in [-0.05, 0) is 42.2 Å². The third-order valence-electron chi connectivity index (χ3n) is 4.17. The average molecular weight is 331 g/mol. The van der Waals surface area contributed by atoms with Crippen molar-refractivity contribution in [1.29, 1.82) is 0 Å². The van der Waals surface area contributed by atoms with Crippen molar-refractivity contribution >= 4 is 23.2 Å². The number of ether oxygens (including phenoxy) is 1. The highest BCUT2D eigenvalue weighted by atomic mass is 35.5. The Morgan fingerprint density at radius 1 is 1.26 bits per heavy atom. The average Bonchev–Trinajstić information content (AvgIpc) is 3.37. The molecular weight excluding hydrogens is 312 g/mol. The molecule has 0 saturated heterocycles. The first-order chi connectivity index (χ1) is 11.2. The van der Waals surface area contributed by atoms with E-state index in [1.165, 1.54) is 5.56 Å². The molecule has 1 aromatic carbocycles. The van der Waals surface area contributed by atoms with Gasteiger partial charge < -0.3 is 9.64 Å². The minimum Gasteiger partial charge on any atom is -0.383 e. The first-order valence-corrected chi connectivity index (χ1v) is 8.04. The van der Waals surface area contributed by atoms with E-state index in [1.807, 2.05) is 36.4 Å². The molecule has 0 aliphatic heterocycles. The highest BCUT2D eigenvalue weighted by Gasteiger charge is 2.45. The molecule has 0 spiro atoms. The van der Waals surface area contributed by atoms with Crippen LogP contribution in [0.3, 0.4) is 0 Å². The van der Waals surface area contributed by atoms with E-state index in [4.69, 9.17) is 16.3 Å². The number of benzene rings is 1. The van der Waals surface area contributed by atoms with Gasteiger partial charge in [0.2, 0.25) is 5.91 Å².